The van der Waals surface area contributed by atoms with E-state index < -0.39 is 0 Å². The molecule has 0 aliphatic heterocycles. The van der Waals surface area contributed by atoms with Gasteiger partial charge in [-0.15, -0.1) is 10.2 Å². The van der Waals surface area contributed by atoms with E-state index in [1.807, 2.05) is 47.9 Å². The Morgan fingerprint density at radius 3 is 2.81 bits per heavy atom. The van der Waals surface area contributed by atoms with Crippen LogP contribution in [-0.2, 0) is 19.5 Å². The predicted molar refractivity (Wildman–Crippen MR) is 104 cm³/mol. The lowest BCUT2D eigenvalue weighted by molar-refractivity contribution is 0.424. The fourth-order valence-corrected chi connectivity index (χ4v) is 2.66. The third-order valence-corrected chi connectivity index (χ3v) is 4.02. The minimum Gasteiger partial charge on any atom is -0.357 e. The van der Waals surface area contributed by atoms with Crippen LogP contribution in [0.4, 0.5) is 0 Å². The molecule has 8 nitrogen and oxygen atoms in total. The van der Waals surface area contributed by atoms with Gasteiger partial charge in [0.05, 0.1) is 6.54 Å². The van der Waals surface area contributed by atoms with Gasteiger partial charge >= 0.3 is 0 Å². The third-order valence-electron chi connectivity index (χ3n) is 4.02. The molecule has 1 aromatic carbocycles. The van der Waals surface area contributed by atoms with Gasteiger partial charge in [0, 0.05) is 37.7 Å². The van der Waals surface area contributed by atoms with E-state index in [0.29, 0.717) is 6.54 Å². The van der Waals surface area contributed by atoms with Gasteiger partial charge in [-0.25, -0.2) is 4.99 Å². The van der Waals surface area contributed by atoms with Crippen LogP contribution in [0.25, 0.3) is 11.3 Å². The monoisotopic (exact) mass is 367 g/mol. The summed E-state index contributed by atoms with van der Waals surface area (Å²) in [4.78, 5) is 4.58. The smallest absolute Gasteiger partial charge is 0.191 e. The first-order valence-electron chi connectivity index (χ1n) is 9.20. The Bertz CT molecular complexity index is 854. The number of guanidine groups is 1. The van der Waals surface area contributed by atoms with Crippen molar-refractivity contribution in [2.75, 3.05) is 13.1 Å². The molecule has 8 heteroatoms. The van der Waals surface area contributed by atoms with Crippen LogP contribution >= 0.6 is 0 Å². The van der Waals surface area contributed by atoms with Crippen molar-refractivity contribution in [2.24, 2.45) is 4.99 Å². The van der Waals surface area contributed by atoms with Crippen molar-refractivity contribution >= 4 is 5.96 Å². The zero-order chi connectivity index (χ0) is 18.9. The summed E-state index contributed by atoms with van der Waals surface area (Å²) in [5.74, 6) is 2.47. The minimum absolute atomic E-state index is 0.443. The summed E-state index contributed by atoms with van der Waals surface area (Å²) in [7, 11) is 0. The van der Waals surface area contributed by atoms with Crippen LogP contribution in [0.1, 0.15) is 25.4 Å². The van der Waals surface area contributed by atoms with E-state index in [-0.39, 0.29) is 0 Å². The fourth-order valence-electron chi connectivity index (χ4n) is 2.66. The normalized spacial score (nSPS) is 11.6. The van der Waals surface area contributed by atoms with Gasteiger partial charge in [-0.05, 0) is 6.92 Å². The molecule has 2 heterocycles. The molecule has 0 saturated carbocycles. The molecule has 0 amide bonds. The number of hydrogen-bond acceptors (Lipinski definition) is 5. The highest BCUT2D eigenvalue weighted by molar-refractivity contribution is 5.79. The number of aromatic nitrogens is 4. The van der Waals surface area contributed by atoms with Gasteiger partial charge in [-0.3, -0.25) is 0 Å². The van der Waals surface area contributed by atoms with Gasteiger partial charge in [0.15, 0.2) is 11.7 Å². The summed E-state index contributed by atoms with van der Waals surface area (Å²) < 4.78 is 7.46. The van der Waals surface area contributed by atoms with Crippen LogP contribution in [-0.4, -0.2) is 39.0 Å². The second kappa shape index (κ2) is 9.51. The summed E-state index contributed by atoms with van der Waals surface area (Å²) in [5, 5.41) is 18.7. The molecule has 0 aliphatic rings. The summed E-state index contributed by atoms with van der Waals surface area (Å²) in [6.07, 6.45) is 2.62. The highest BCUT2D eigenvalue weighted by atomic mass is 16.5. The van der Waals surface area contributed by atoms with Crippen LogP contribution in [0.2, 0.25) is 0 Å². The summed E-state index contributed by atoms with van der Waals surface area (Å²) in [6.45, 7) is 6.84. The van der Waals surface area contributed by atoms with Gasteiger partial charge in [0.2, 0.25) is 0 Å². The van der Waals surface area contributed by atoms with Crippen molar-refractivity contribution in [3.05, 3.63) is 54.2 Å². The van der Waals surface area contributed by atoms with E-state index in [9.17, 15) is 0 Å². The molecule has 0 bridgehead atoms. The Hall–Kier alpha value is -3.16. The van der Waals surface area contributed by atoms with Crippen molar-refractivity contribution in [2.45, 2.75) is 33.4 Å². The average Bonchev–Trinajstić information content (AvgIpc) is 3.36. The van der Waals surface area contributed by atoms with Crippen molar-refractivity contribution in [3.63, 3.8) is 0 Å². The van der Waals surface area contributed by atoms with E-state index in [1.165, 1.54) is 0 Å². The number of rotatable bonds is 8. The Kier molecular flexibility index (Phi) is 6.56. The quantitative estimate of drug-likeness (QED) is 0.469. The molecule has 27 heavy (non-hydrogen) atoms. The lowest BCUT2D eigenvalue weighted by Gasteiger charge is -2.11. The number of aryl methyl sites for hydroxylation is 1. The number of nitrogens with one attached hydrogen (secondary N) is 2. The maximum Gasteiger partial charge on any atom is 0.191 e. The van der Waals surface area contributed by atoms with E-state index in [4.69, 9.17) is 4.52 Å². The van der Waals surface area contributed by atoms with Gasteiger partial charge in [0.25, 0.3) is 0 Å². The maximum absolute atomic E-state index is 5.42. The lowest BCUT2D eigenvalue weighted by Crippen LogP contribution is -2.38. The van der Waals surface area contributed by atoms with E-state index in [2.05, 4.69) is 37.9 Å². The lowest BCUT2D eigenvalue weighted by atomic mass is 10.2. The Balaban J connectivity index is 1.56. The van der Waals surface area contributed by atoms with Crippen molar-refractivity contribution < 1.29 is 4.52 Å². The van der Waals surface area contributed by atoms with Crippen LogP contribution < -0.4 is 10.6 Å². The molecule has 3 aromatic rings. The first-order valence-corrected chi connectivity index (χ1v) is 9.20. The van der Waals surface area contributed by atoms with Gasteiger partial charge in [-0.1, -0.05) is 42.4 Å². The molecule has 3 rings (SSSR count). The van der Waals surface area contributed by atoms with E-state index in [1.54, 1.807) is 6.33 Å². The molecular weight excluding hydrogens is 342 g/mol. The van der Waals surface area contributed by atoms with Crippen LogP contribution in [0.15, 0.2) is 52.2 Å². The second-order valence-corrected chi connectivity index (χ2v) is 5.96. The Morgan fingerprint density at radius 2 is 2.04 bits per heavy atom. The topological polar surface area (TPSA) is 93.2 Å². The standard InChI is InChI=1S/C19H25N7O/c1-3-18-24-23-14-26(18)11-10-21-19(20-4-2)22-13-16-12-17(27-25-16)15-8-6-5-7-9-15/h5-9,12,14H,3-4,10-11,13H2,1-2H3,(H2,20,21,22). The Labute approximate surface area is 158 Å². The molecule has 2 aromatic heterocycles. The summed E-state index contributed by atoms with van der Waals surface area (Å²) >= 11 is 0. The zero-order valence-electron chi connectivity index (χ0n) is 15.7. The first kappa shape index (κ1) is 18.6. The number of hydrogen-bond donors (Lipinski definition) is 2. The van der Waals surface area contributed by atoms with Crippen molar-refractivity contribution in [3.8, 4) is 11.3 Å². The van der Waals surface area contributed by atoms with E-state index >= 15 is 0 Å². The molecule has 0 fully saturated rings. The zero-order valence-corrected chi connectivity index (χ0v) is 15.7. The molecule has 0 spiro atoms. The number of benzene rings is 1. The SMILES string of the molecule is CCNC(=NCc1cc(-c2ccccc2)on1)NCCn1cnnc1CC. The fraction of sp³-hybridized carbons (Fsp3) is 0.368. The van der Waals surface area contributed by atoms with Gasteiger partial charge in [0.1, 0.15) is 17.8 Å². The van der Waals surface area contributed by atoms with Crippen LogP contribution in [0.3, 0.4) is 0 Å². The second-order valence-electron chi connectivity index (χ2n) is 5.96. The highest BCUT2D eigenvalue weighted by Gasteiger charge is 2.07. The van der Waals surface area contributed by atoms with Crippen molar-refractivity contribution in [1.82, 2.24) is 30.6 Å². The van der Waals surface area contributed by atoms with E-state index in [0.717, 1.165) is 54.9 Å². The molecule has 2 N–H and O–H groups in total. The number of aliphatic imine (C=N–C) groups is 1. The Morgan fingerprint density at radius 1 is 1.19 bits per heavy atom. The number of nitrogens with zero attached hydrogens (tertiary/aromatic N) is 5. The molecule has 0 radical (unpaired) electrons. The molecule has 0 saturated heterocycles. The van der Waals surface area contributed by atoms with Gasteiger partial charge < -0.3 is 19.7 Å². The minimum atomic E-state index is 0.443. The molecular formula is C19H25N7O. The molecule has 0 aliphatic carbocycles. The van der Waals surface area contributed by atoms with Crippen molar-refractivity contribution in [1.29, 1.82) is 0 Å². The third kappa shape index (κ3) is 5.16. The summed E-state index contributed by atoms with van der Waals surface area (Å²) in [6, 6.07) is 11.8. The summed E-state index contributed by atoms with van der Waals surface area (Å²) in [5.41, 5.74) is 1.80. The first-order chi connectivity index (χ1) is 13.3. The highest BCUT2D eigenvalue weighted by Crippen LogP contribution is 2.19. The molecule has 0 atom stereocenters. The maximum atomic E-state index is 5.42. The molecule has 142 valence electrons. The largest absolute Gasteiger partial charge is 0.357 e. The predicted octanol–water partition coefficient (Wildman–Crippen LogP) is 2.25. The average molecular weight is 367 g/mol. The van der Waals surface area contributed by atoms with Crippen LogP contribution in [0.5, 0.6) is 0 Å². The van der Waals surface area contributed by atoms with Crippen LogP contribution in [0, 0.1) is 0 Å². The van der Waals surface area contributed by atoms with Gasteiger partial charge in [-0.2, -0.15) is 0 Å². The molecule has 0 unspecified atom stereocenters.